The molecule has 2 aromatic heterocycles. The lowest BCUT2D eigenvalue weighted by atomic mass is 9.93. The molecule has 0 spiro atoms. The molecule has 2 heterocycles. The highest BCUT2D eigenvalue weighted by Gasteiger charge is 2.18. The first kappa shape index (κ1) is 36.2. The van der Waals surface area contributed by atoms with Crippen molar-refractivity contribution in [1.82, 2.24) is 15.0 Å². The first-order valence-electron chi connectivity index (χ1n) is 21.0. The van der Waals surface area contributed by atoms with Crippen LogP contribution in [0.4, 0.5) is 0 Å². The van der Waals surface area contributed by atoms with E-state index in [4.69, 9.17) is 19.4 Å². The summed E-state index contributed by atoms with van der Waals surface area (Å²) in [5.41, 5.74) is 11.3. The molecule has 12 rings (SSSR count). The van der Waals surface area contributed by atoms with Crippen molar-refractivity contribution in [2.75, 3.05) is 0 Å². The molecule has 292 valence electrons. The van der Waals surface area contributed by atoms with Crippen LogP contribution in [-0.4, -0.2) is 15.0 Å². The van der Waals surface area contributed by atoms with Gasteiger partial charge in [0.1, 0.15) is 11.2 Å². The summed E-state index contributed by atoms with van der Waals surface area (Å²) in [4.78, 5) is 15.5. The van der Waals surface area contributed by atoms with Crippen molar-refractivity contribution in [3.63, 3.8) is 0 Å². The van der Waals surface area contributed by atoms with Crippen LogP contribution < -0.4 is 0 Å². The third-order valence-electron chi connectivity index (χ3n) is 12.2. The first-order chi connectivity index (χ1) is 31.1. The Bertz CT molecular complexity index is 3750. The maximum absolute atomic E-state index is 9.52. The van der Waals surface area contributed by atoms with Gasteiger partial charge in [-0.15, -0.1) is 0 Å². The van der Waals surface area contributed by atoms with E-state index in [0.717, 1.165) is 66.3 Å². The average Bonchev–Trinajstić information content (AvgIpc) is 3.75. The van der Waals surface area contributed by atoms with Crippen LogP contribution in [-0.2, 0) is 0 Å². The number of nitrogens with zero attached hydrogens (tertiary/aromatic N) is 4. The van der Waals surface area contributed by atoms with Gasteiger partial charge in [-0.05, 0) is 102 Å². The molecule has 0 N–H and O–H groups in total. The van der Waals surface area contributed by atoms with Gasteiger partial charge in [0.15, 0.2) is 17.5 Å². The van der Waals surface area contributed by atoms with Gasteiger partial charge in [0, 0.05) is 27.5 Å². The molecule has 0 unspecified atom stereocenters. The lowest BCUT2D eigenvalue weighted by Gasteiger charge is -2.13. The normalized spacial score (nSPS) is 11.5. The van der Waals surface area contributed by atoms with Crippen molar-refractivity contribution in [3.8, 4) is 73.6 Å². The molecule has 10 aromatic carbocycles. The second-order valence-electron chi connectivity index (χ2n) is 15.9. The molecule has 0 bridgehead atoms. The Morgan fingerprint density at radius 1 is 0.317 bits per heavy atom. The average molecular weight is 803 g/mol. The molecule has 0 saturated carbocycles. The third-order valence-corrected chi connectivity index (χ3v) is 12.2. The molecule has 0 atom stereocenters. The van der Waals surface area contributed by atoms with Crippen molar-refractivity contribution >= 4 is 54.3 Å². The summed E-state index contributed by atoms with van der Waals surface area (Å²) in [6.45, 7) is 0. The fraction of sp³-hybridized carbons (Fsp3) is 0. The van der Waals surface area contributed by atoms with Crippen molar-refractivity contribution in [2.45, 2.75) is 0 Å². The summed E-state index contributed by atoms with van der Waals surface area (Å²) in [6, 6.07) is 73.5. The third kappa shape index (κ3) is 6.29. The van der Waals surface area contributed by atoms with Crippen LogP contribution in [0.3, 0.4) is 0 Å². The fourth-order valence-electron chi connectivity index (χ4n) is 9.07. The Hall–Kier alpha value is -8.72. The zero-order chi connectivity index (χ0) is 41.9. The SMILES string of the molecule is N#Cc1cccc(-c2ccc(-c3nc(-c4ccc5c(c4)oc4cccc(-c6ccc(-c7ccccc7)cc6)c45)nc(-c4ccc5c6ccccc6c6ccccc6c5c4)n3)cc2)c1. The zero-order valence-corrected chi connectivity index (χ0v) is 33.8. The maximum Gasteiger partial charge on any atom is 0.164 e. The Morgan fingerprint density at radius 2 is 0.794 bits per heavy atom. The van der Waals surface area contributed by atoms with E-state index in [9.17, 15) is 5.26 Å². The Balaban J connectivity index is 0.999. The lowest BCUT2D eigenvalue weighted by molar-refractivity contribution is 0.669. The summed E-state index contributed by atoms with van der Waals surface area (Å²) in [5, 5.41) is 18.8. The van der Waals surface area contributed by atoms with Crippen molar-refractivity contribution in [3.05, 3.63) is 212 Å². The number of rotatable bonds is 6. The zero-order valence-electron chi connectivity index (χ0n) is 33.8. The number of hydrogen-bond donors (Lipinski definition) is 0. The number of nitriles is 1. The van der Waals surface area contributed by atoms with E-state index >= 15 is 0 Å². The second-order valence-corrected chi connectivity index (χ2v) is 15.9. The maximum atomic E-state index is 9.52. The van der Waals surface area contributed by atoms with Gasteiger partial charge in [0.2, 0.25) is 0 Å². The summed E-state index contributed by atoms with van der Waals surface area (Å²) in [6.07, 6.45) is 0. The van der Waals surface area contributed by atoms with E-state index in [2.05, 4.69) is 158 Å². The van der Waals surface area contributed by atoms with Gasteiger partial charge in [-0.2, -0.15) is 5.26 Å². The summed E-state index contributed by atoms with van der Waals surface area (Å²) < 4.78 is 6.60. The molecule has 5 nitrogen and oxygen atoms in total. The highest BCUT2D eigenvalue weighted by molar-refractivity contribution is 6.25. The number of fused-ring (bicyclic) bond motifs is 9. The molecule has 0 amide bonds. The van der Waals surface area contributed by atoms with E-state index < -0.39 is 0 Å². The predicted molar refractivity (Wildman–Crippen MR) is 257 cm³/mol. The van der Waals surface area contributed by atoms with Crippen LogP contribution >= 0.6 is 0 Å². The minimum atomic E-state index is 0.545. The Labute approximate surface area is 362 Å². The smallest absolute Gasteiger partial charge is 0.164 e. The molecule has 12 aromatic rings. The quantitative estimate of drug-likeness (QED) is 0.157. The molecule has 0 aliphatic carbocycles. The van der Waals surface area contributed by atoms with Gasteiger partial charge >= 0.3 is 0 Å². The molecule has 5 heteroatoms. The van der Waals surface area contributed by atoms with Gasteiger partial charge in [-0.1, -0.05) is 170 Å². The minimum Gasteiger partial charge on any atom is -0.456 e. The molecule has 0 aliphatic heterocycles. The Kier molecular flexibility index (Phi) is 8.48. The fourth-order valence-corrected chi connectivity index (χ4v) is 9.07. The highest BCUT2D eigenvalue weighted by atomic mass is 16.3. The van der Waals surface area contributed by atoms with Crippen LogP contribution in [0.1, 0.15) is 5.56 Å². The summed E-state index contributed by atoms with van der Waals surface area (Å²) in [5.74, 6) is 1.68. The molecular formula is C58H34N4O. The predicted octanol–water partition coefficient (Wildman–Crippen LogP) is 15.1. The van der Waals surface area contributed by atoms with E-state index in [1.54, 1.807) is 0 Å². The monoisotopic (exact) mass is 802 g/mol. The van der Waals surface area contributed by atoms with Crippen LogP contribution in [0, 0.1) is 11.3 Å². The standard InChI is InChI=1S/C58H34N4O/c59-35-36-10-8-13-42(32-36)39-22-26-41(27-23-39)56-60-57(43-28-30-50-48-16-5-4-14-46(48)47-15-6-7-17-49(47)52(50)33-43)62-58(61-56)44-29-31-51-54(34-44)63-53-19-9-18-45(55(51)53)40-24-20-38(21-25-40)37-11-2-1-3-12-37/h1-34H. The molecule has 63 heavy (non-hydrogen) atoms. The lowest BCUT2D eigenvalue weighted by Crippen LogP contribution is -2.00. The van der Waals surface area contributed by atoms with Gasteiger partial charge in [0.05, 0.1) is 11.6 Å². The van der Waals surface area contributed by atoms with E-state index in [0.29, 0.717) is 23.0 Å². The topological polar surface area (TPSA) is 75.6 Å². The number of benzene rings is 10. The number of hydrogen-bond acceptors (Lipinski definition) is 5. The van der Waals surface area contributed by atoms with Crippen LogP contribution in [0.5, 0.6) is 0 Å². The van der Waals surface area contributed by atoms with Crippen LogP contribution in [0.15, 0.2) is 211 Å². The molecular weight excluding hydrogens is 769 g/mol. The number of aromatic nitrogens is 3. The molecule has 0 fully saturated rings. The second kappa shape index (κ2) is 14.8. The Morgan fingerprint density at radius 3 is 1.46 bits per heavy atom. The van der Waals surface area contributed by atoms with E-state index in [1.165, 1.54) is 38.1 Å². The van der Waals surface area contributed by atoms with Crippen molar-refractivity contribution < 1.29 is 4.42 Å². The molecule has 0 aliphatic rings. The van der Waals surface area contributed by atoms with E-state index in [1.807, 2.05) is 54.6 Å². The first-order valence-corrected chi connectivity index (χ1v) is 21.0. The number of furan rings is 1. The van der Waals surface area contributed by atoms with Gasteiger partial charge < -0.3 is 4.42 Å². The van der Waals surface area contributed by atoms with Crippen molar-refractivity contribution in [2.24, 2.45) is 0 Å². The van der Waals surface area contributed by atoms with Crippen LogP contribution in [0.2, 0.25) is 0 Å². The highest BCUT2D eigenvalue weighted by Crippen LogP contribution is 2.40. The summed E-state index contributed by atoms with van der Waals surface area (Å²) >= 11 is 0. The largest absolute Gasteiger partial charge is 0.456 e. The van der Waals surface area contributed by atoms with Crippen LogP contribution in [0.25, 0.3) is 122 Å². The van der Waals surface area contributed by atoms with Gasteiger partial charge in [-0.25, -0.2) is 15.0 Å². The summed E-state index contributed by atoms with van der Waals surface area (Å²) in [7, 11) is 0. The van der Waals surface area contributed by atoms with Gasteiger partial charge in [-0.3, -0.25) is 0 Å². The minimum absolute atomic E-state index is 0.545. The van der Waals surface area contributed by atoms with E-state index in [-0.39, 0.29) is 0 Å². The molecule has 0 radical (unpaired) electrons. The molecule has 0 saturated heterocycles. The van der Waals surface area contributed by atoms with Crippen molar-refractivity contribution in [1.29, 1.82) is 5.26 Å². The van der Waals surface area contributed by atoms with Gasteiger partial charge in [0.25, 0.3) is 0 Å².